The molecule has 0 spiro atoms. The van der Waals surface area contributed by atoms with Gasteiger partial charge in [0.05, 0.1) is 12.2 Å². The zero-order chi connectivity index (χ0) is 14.4. The van der Waals surface area contributed by atoms with E-state index >= 15 is 0 Å². The van der Waals surface area contributed by atoms with Gasteiger partial charge in [-0.15, -0.1) is 0 Å². The third-order valence-corrected chi connectivity index (χ3v) is 5.51. The Bertz CT molecular complexity index is 266. The van der Waals surface area contributed by atoms with Crippen molar-refractivity contribution in [1.82, 2.24) is 4.90 Å². The molecule has 1 aliphatic heterocycles. The van der Waals surface area contributed by atoms with E-state index in [0.29, 0.717) is 6.10 Å². The zero-order valence-electron chi connectivity index (χ0n) is 13.4. The van der Waals surface area contributed by atoms with Crippen LogP contribution in [0.15, 0.2) is 0 Å². The molecule has 1 saturated heterocycles. The monoisotopic (exact) mass is 283 g/mol. The quantitative estimate of drug-likeness (QED) is 0.741. The second kappa shape index (κ2) is 7.77. The van der Waals surface area contributed by atoms with Gasteiger partial charge in [-0.3, -0.25) is 4.90 Å². The fourth-order valence-corrected chi connectivity index (χ4v) is 4.38. The molecule has 2 unspecified atom stereocenters. The minimum absolute atomic E-state index is 0.0695. The number of likely N-dealkylation sites (N-methyl/N-ethyl adjacent to an activating group) is 1. The van der Waals surface area contributed by atoms with Crippen LogP contribution in [0.3, 0.4) is 0 Å². The Balaban J connectivity index is 1.84. The summed E-state index contributed by atoms with van der Waals surface area (Å²) in [5, 5.41) is 10.8. The van der Waals surface area contributed by atoms with Crippen molar-refractivity contribution in [3.63, 3.8) is 0 Å². The molecular formula is C17H33NO2. The van der Waals surface area contributed by atoms with E-state index in [4.69, 9.17) is 4.74 Å². The van der Waals surface area contributed by atoms with Crippen molar-refractivity contribution in [2.45, 2.75) is 89.4 Å². The Morgan fingerprint density at radius 3 is 2.45 bits per heavy atom. The minimum Gasteiger partial charge on any atom is -0.391 e. The molecule has 0 amide bonds. The highest BCUT2D eigenvalue weighted by molar-refractivity contribution is 4.99. The summed E-state index contributed by atoms with van der Waals surface area (Å²) in [6, 6.07) is 0. The van der Waals surface area contributed by atoms with Crippen LogP contribution >= 0.6 is 0 Å². The summed E-state index contributed by atoms with van der Waals surface area (Å²) in [6.07, 6.45) is 10.8. The second-order valence-corrected chi connectivity index (χ2v) is 6.56. The average molecular weight is 283 g/mol. The van der Waals surface area contributed by atoms with Crippen LogP contribution in [0, 0.1) is 0 Å². The maximum atomic E-state index is 10.8. The standard InChI is InChI=1S/C17H33NO2/c1-3-18(4-2)17(12-5-6-13-17)16(19)11-7-9-15-10-8-14-20-15/h15-16,19H,3-14H2,1-2H3. The first-order valence-corrected chi connectivity index (χ1v) is 8.77. The third kappa shape index (κ3) is 3.55. The second-order valence-electron chi connectivity index (χ2n) is 6.56. The topological polar surface area (TPSA) is 32.7 Å². The summed E-state index contributed by atoms with van der Waals surface area (Å²) < 4.78 is 5.68. The maximum absolute atomic E-state index is 10.8. The van der Waals surface area contributed by atoms with Gasteiger partial charge in [0.25, 0.3) is 0 Å². The predicted octanol–water partition coefficient (Wildman–Crippen LogP) is 3.35. The molecule has 2 atom stereocenters. The molecular weight excluding hydrogens is 250 g/mol. The van der Waals surface area contributed by atoms with Gasteiger partial charge in [-0.25, -0.2) is 0 Å². The van der Waals surface area contributed by atoms with E-state index in [-0.39, 0.29) is 11.6 Å². The number of hydrogen-bond acceptors (Lipinski definition) is 3. The number of aliphatic hydroxyl groups is 1. The van der Waals surface area contributed by atoms with Crippen LogP contribution in [0.4, 0.5) is 0 Å². The number of ether oxygens (including phenoxy) is 1. The van der Waals surface area contributed by atoms with E-state index in [0.717, 1.165) is 39.0 Å². The normalized spacial score (nSPS) is 27.3. The number of rotatable bonds is 8. The van der Waals surface area contributed by atoms with E-state index in [9.17, 15) is 5.11 Å². The van der Waals surface area contributed by atoms with E-state index in [1.165, 1.54) is 38.5 Å². The first-order chi connectivity index (χ1) is 9.73. The Morgan fingerprint density at radius 2 is 1.90 bits per heavy atom. The van der Waals surface area contributed by atoms with Crippen LogP contribution in [0.5, 0.6) is 0 Å². The van der Waals surface area contributed by atoms with Gasteiger partial charge in [0.15, 0.2) is 0 Å². The van der Waals surface area contributed by atoms with Crippen LogP contribution in [-0.4, -0.2) is 47.4 Å². The molecule has 0 aromatic carbocycles. The van der Waals surface area contributed by atoms with Crippen molar-refractivity contribution in [3.05, 3.63) is 0 Å². The van der Waals surface area contributed by atoms with Gasteiger partial charge in [0.1, 0.15) is 0 Å². The molecule has 20 heavy (non-hydrogen) atoms. The molecule has 3 nitrogen and oxygen atoms in total. The molecule has 0 radical (unpaired) electrons. The highest BCUT2D eigenvalue weighted by atomic mass is 16.5. The van der Waals surface area contributed by atoms with Crippen LogP contribution < -0.4 is 0 Å². The fraction of sp³-hybridized carbons (Fsp3) is 1.00. The largest absolute Gasteiger partial charge is 0.391 e. The molecule has 1 heterocycles. The van der Waals surface area contributed by atoms with Gasteiger partial charge in [0, 0.05) is 12.1 Å². The van der Waals surface area contributed by atoms with Crippen LogP contribution in [0.1, 0.15) is 71.6 Å². The first-order valence-electron chi connectivity index (χ1n) is 8.77. The number of hydrogen-bond donors (Lipinski definition) is 1. The average Bonchev–Trinajstić information content (AvgIpc) is 3.12. The Labute approximate surface area is 124 Å². The molecule has 2 rings (SSSR count). The lowest BCUT2D eigenvalue weighted by molar-refractivity contribution is -0.0315. The lowest BCUT2D eigenvalue weighted by atomic mass is 9.85. The van der Waals surface area contributed by atoms with Gasteiger partial charge < -0.3 is 9.84 Å². The van der Waals surface area contributed by atoms with Crippen LogP contribution in [0.2, 0.25) is 0 Å². The summed E-state index contributed by atoms with van der Waals surface area (Å²) in [5.41, 5.74) is 0.0695. The Kier molecular flexibility index (Phi) is 6.31. The van der Waals surface area contributed by atoms with E-state index in [1.807, 2.05) is 0 Å². The smallest absolute Gasteiger partial charge is 0.0723 e. The first kappa shape index (κ1) is 16.3. The fourth-order valence-electron chi connectivity index (χ4n) is 4.38. The van der Waals surface area contributed by atoms with Crippen LogP contribution in [-0.2, 0) is 4.74 Å². The summed E-state index contributed by atoms with van der Waals surface area (Å²) in [7, 11) is 0. The Morgan fingerprint density at radius 1 is 1.20 bits per heavy atom. The summed E-state index contributed by atoms with van der Waals surface area (Å²) in [5.74, 6) is 0. The molecule has 1 N–H and O–H groups in total. The molecule has 0 aromatic heterocycles. The molecule has 0 aromatic rings. The van der Waals surface area contributed by atoms with Crippen molar-refractivity contribution in [3.8, 4) is 0 Å². The third-order valence-electron chi connectivity index (χ3n) is 5.51. The van der Waals surface area contributed by atoms with E-state index < -0.39 is 0 Å². The van der Waals surface area contributed by atoms with Crippen molar-refractivity contribution in [2.75, 3.05) is 19.7 Å². The highest BCUT2D eigenvalue weighted by Gasteiger charge is 2.43. The number of aliphatic hydroxyl groups excluding tert-OH is 1. The van der Waals surface area contributed by atoms with Gasteiger partial charge in [-0.1, -0.05) is 26.7 Å². The minimum atomic E-state index is -0.161. The summed E-state index contributed by atoms with van der Waals surface area (Å²) in [4.78, 5) is 2.51. The van der Waals surface area contributed by atoms with Crippen LogP contribution in [0.25, 0.3) is 0 Å². The molecule has 3 heteroatoms. The van der Waals surface area contributed by atoms with Gasteiger partial charge in [-0.05, 0) is 58.0 Å². The van der Waals surface area contributed by atoms with Gasteiger partial charge in [0.2, 0.25) is 0 Å². The molecule has 118 valence electrons. The number of nitrogens with zero attached hydrogens (tertiary/aromatic N) is 1. The SMILES string of the molecule is CCN(CC)C1(C(O)CCCC2CCCO2)CCCC1. The molecule has 2 fully saturated rings. The lowest BCUT2D eigenvalue weighted by Gasteiger charge is -2.44. The van der Waals surface area contributed by atoms with Crippen molar-refractivity contribution < 1.29 is 9.84 Å². The molecule has 1 aliphatic carbocycles. The Hall–Kier alpha value is -0.120. The van der Waals surface area contributed by atoms with Crippen molar-refractivity contribution >= 4 is 0 Å². The van der Waals surface area contributed by atoms with E-state index in [2.05, 4.69) is 18.7 Å². The molecule has 0 bridgehead atoms. The summed E-state index contributed by atoms with van der Waals surface area (Å²) in [6.45, 7) is 7.50. The lowest BCUT2D eigenvalue weighted by Crippen LogP contribution is -2.54. The summed E-state index contributed by atoms with van der Waals surface area (Å²) >= 11 is 0. The van der Waals surface area contributed by atoms with E-state index in [1.54, 1.807) is 0 Å². The molecule has 2 aliphatic rings. The van der Waals surface area contributed by atoms with Crippen molar-refractivity contribution in [2.24, 2.45) is 0 Å². The predicted molar refractivity (Wildman–Crippen MR) is 83.0 cm³/mol. The highest BCUT2D eigenvalue weighted by Crippen LogP contribution is 2.39. The van der Waals surface area contributed by atoms with Crippen molar-refractivity contribution in [1.29, 1.82) is 0 Å². The maximum Gasteiger partial charge on any atom is 0.0723 e. The molecule has 1 saturated carbocycles. The van der Waals surface area contributed by atoms with Gasteiger partial charge >= 0.3 is 0 Å². The zero-order valence-corrected chi connectivity index (χ0v) is 13.4. The van der Waals surface area contributed by atoms with Gasteiger partial charge in [-0.2, -0.15) is 0 Å².